The summed E-state index contributed by atoms with van der Waals surface area (Å²) >= 11 is 0. The minimum atomic E-state index is 0.636. The molecule has 0 atom stereocenters. The third kappa shape index (κ3) is 3.31. The van der Waals surface area contributed by atoms with Crippen LogP contribution in [0.15, 0.2) is 24.3 Å². The topological polar surface area (TPSA) is 32.5 Å². The second-order valence-electron chi connectivity index (χ2n) is 5.42. The largest absolute Gasteiger partial charge is 0.326 e. The van der Waals surface area contributed by atoms with Crippen LogP contribution >= 0.6 is 0 Å². The molecule has 0 aromatic heterocycles. The summed E-state index contributed by atoms with van der Waals surface area (Å²) in [5, 5.41) is 0. The van der Waals surface area contributed by atoms with E-state index < -0.39 is 0 Å². The maximum atomic E-state index is 5.80. The van der Waals surface area contributed by atoms with Crippen LogP contribution in [0.2, 0.25) is 0 Å². The van der Waals surface area contributed by atoms with E-state index in [-0.39, 0.29) is 0 Å². The first-order valence-electron chi connectivity index (χ1n) is 6.86. The third-order valence-electron chi connectivity index (χ3n) is 4.07. The minimum absolute atomic E-state index is 0.636. The van der Waals surface area contributed by atoms with Gasteiger partial charge in [-0.25, -0.2) is 0 Å². The lowest BCUT2D eigenvalue weighted by atomic mass is 10.0. The van der Waals surface area contributed by atoms with Gasteiger partial charge in [0, 0.05) is 19.1 Å². The number of likely N-dealkylation sites (tertiary alicyclic amines) is 1. The number of piperidine rings is 1. The SMILES string of the molecule is CN1CCC(N(C)Cc2ccccc2CN)CC1. The molecule has 18 heavy (non-hydrogen) atoms. The van der Waals surface area contributed by atoms with Crippen LogP contribution in [0.25, 0.3) is 0 Å². The summed E-state index contributed by atoms with van der Waals surface area (Å²) in [4.78, 5) is 4.90. The lowest BCUT2D eigenvalue weighted by Crippen LogP contribution is -2.41. The van der Waals surface area contributed by atoms with Crippen LogP contribution in [0, 0.1) is 0 Å². The number of hydrogen-bond acceptors (Lipinski definition) is 3. The molecule has 1 fully saturated rings. The highest BCUT2D eigenvalue weighted by atomic mass is 15.2. The first kappa shape index (κ1) is 13.5. The number of rotatable bonds is 4. The van der Waals surface area contributed by atoms with Crippen LogP contribution in [0.4, 0.5) is 0 Å². The average Bonchev–Trinajstić information content (AvgIpc) is 2.40. The second-order valence-corrected chi connectivity index (χ2v) is 5.42. The van der Waals surface area contributed by atoms with Gasteiger partial charge in [0.05, 0.1) is 0 Å². The standard InChI is InChI=1S/C15H25N3/c1-17-9-7-15(8-10-17)18(2)12-14-6-4-3-5-13(14)11-16/h3-6,15H,7-12,16H2,1-2H3. The Labute approximate surface area is 111 Å². The average molecular weight is 247 g/mol. The van der Waals surface area contributed by atoms with E-state index >= 15 is 0 Å². The smallest absolute Gasteiger partial charge is 0.0236 e. The van der Waals surface area contributed by atoms with Crippen molar-refractivity contribution in [1.29, 1.82) is 0 Å². The summed E-state index contributed by atoms with van der Waals surface area (Å²) in [6.45, 7) is 4.08. The van der Waals surface area contributed by atoms with E-state index in [1.165, 1.54) is 37.1 Å². The maximum absolute atomic E-state index is 5.80. The quantitative estimate of drug-likeness (QED) is 0.878. The molecule has 1 aromatic carbocycles. The lowest BCUT2D eigenvalue weighted by Gasteiger charge is -2.35. The Morgan fingerprint density at radius 1 is 1.22 bits per heavy atom. The van der Waals surface area contributed by atoms with Crippen LogP contribution in [0.1, 0.15) is 24.0 Å². The van der Waals surface area contributed by atoms with Gasteiger partial charge in [0.1, 0.15) is 0 Å². The fraction of sp³-hybridized carbons (Fsp3) is 0.600. The molecule has 3 nitrogen and oxygen atoms in total. The zero-order valence-electron chi connectivity index (χ0n) is 11.6. The summed E-state index contributed by atoms with van der Waals surface area (Å²) in [6.07, 6.45) is 2.55. The van der Waals surface area contributed by atoms with E-state index in [1.54, 1.807) is 0 Å². The molecule has 1 saturated heterocycles. The van der Waals surface area contributed by atoms with E-state index in [0.29, 0.717) is 12.6 Å². The van der Waals surface area contributed by atoms with Gasteiger partial charge in [-0.1, -0.05) is 24.3 Å². The van der Waals surface area contributed by atoms with E-state index in [4.69, 9.17) is 5.73 Å². The van der Waals surface area contributed by atoms with Crippen molar-refractivity contribution in [3.8, 4) is 0 Å². The molecule has 0 amide bonds. The highest BCUT2D eigenvalue weighted by Gasteiger charge is 2.20. The molecule has 3 heteroatoms. The molecule has 1 aliphatic rings. The van der Waals surface area contributed by atoms with Crippen LogP contribution in [-0.4, -0.2) is 43.0 Å². The van der Waals surface area contributed by atoms with Gasteiger partial charge in [0.2, 0.25) is 0 Å². The first-order chi connectivity index (χ1) is 8.70. The number of benzene rings is 1. The fourth-order valence-corrected chi connectivity index (χ4v) is 2.74. The van der Waals surface area contributed by atoms with Crippen molar-refractivity contribution in [1.82, 2.24) is 9.80 Å². The molecular weight excluding hydrogens is 222 g/mol. The van der Waals surface area contributed by atoms with Crippen LogP contribution in [-0.2, 0) is 13.1 Å². The number of nitrogens with zero attached hydrogens (tertiary/aromatic N) is 2. The van der Waals surface area contributed by atoms with Crippen molar-refractivity contribution in [3.05, 3.63) is 35.4 Å². The van der Waals surface area contributed by atoms with Gasteiger partial charge in [-0.2, -0.15) is 0 Å². The van der Waals surface area contributed by atoms with Crippen molar-refractivity contribution in [3.63, 3.8) is 0 Å². The molecule has 0 unspecified atom stereocenters. The Morgan fingerprint density at radius 3 is 2.44 bits per heavy atom. The Morgan fingerprint density at radius 2 is 1.83 bits per heavy atom. The molecule has 100 valence electrons. The molecule has 1 aliphatic heterocycles. The zero-order chi connectivity index (χ0) is 13.0. The van der Waals surface area contributed by atoms with Gasteiger partial charge >= 0.3 is 0 Å². The van der Waals surface area contributed by atoms with E-state index in [9.17, 15) is 0 Å². The van der Waals surface area contributed by atoms with Gasteiger partial charge in [-0.15, -0.1) is 0 Å². The Hall–Kier alpha value is -0.900. The fourth-order valence-electron chi connectivity index (χ4n) is 2.74. The Kier molecular flexibility index (Phi) is 4.75. The Bertz CT molecular complexity index is 370. The molecule has 1 heterocycles. The van der Waals surface area contributed by atoms with Gasteiger partial charge in [-0.3, -0.25) is 4.90 Å². The summed E-state index contributed by atoms with van der Waals surface area (Å²) in [7, 11) is 4.45. The highest BCUT2D eigenvalue weighted by molar-refractivity contribution is 5.26. The molecule has 0 radical (unpaired) electrons. The van der Waals surface area contributed by atoms with E-state index in [0.717, 1.165) is 6.54 Å². The lowest BCUT2D eigenvalue weighted by molar-refractivity contribution is 0.139. The number of hydrogen-bond donors (Lipinski definition) is 1. The van der Waals surface area contributed by atoms with Crippen molar-refractivity contribution < 1.29 is 0 Å². The molecule has 2 N–H and O–H groups in total. The number of nitrogens with two attached hydrogens (primary N) is 1. The van der Waals surface area contributed by atoms with Crippen molar-refractivity contribution in [2.45, 2.75) is 32.0 Å². The van der Waals surface area contributed by atoms with Gasteiger partial charge in [0.25, 0.3) is 0 Å². The molecule has 0 spiro atoms. The first-order valence-corrected chi connectivity index (χ1v) is 6.86. The minimum Gasteiger partial charge on any atom is -0.326 e. The predicted molar refractivity (Wildman–Crippen MR) is 76.3 cm³/mol. The van der Waals surface area contributed by atoms with Crippen LogP contribution in [0.5, 0.6) is 0 Å². The van der Waals surface area contributed by atoms with Gasteiger partial charge in [-0.05, 0) is 51.2 Å². The van der Waals surface area contributed by atoms with Crippen LogP contribution < -0.4 is 5.73 Å². The molecule has 2 rings (SSSR count). The van der Waals surface area contributed by atoms with Crippen LogP contribution in [0.3, 0.4) is 0 Å². The van der Waals surface area contributed by atoms with Gasteiger partial charge in [0.15, 0.2) is 0 Å². The molecule has 0 bridgehead atoms. The predicted octanol–water partition coefficient (Wildman–Crippen LogP) is 1.67. The van der Waals surface area contributed by atoms with Crippen molar-refractivity contribution in [2.24, 2.45) is 5.73 Å². The Balaban J connectivity index is 1.96. The normalized spacial score (nSPS) is 18.4. The summed E-state index contributed by atoms with van der Waals surface area (Å²) in [5.41, 5.74) is 8.45. The second kappa shape index (κ2) is 6.32. The molecular formula is C15H25N3. The molecule has 0 saturated carbocycles. The highest BCUT2D eigenvalue weighted by Crippen LogP contribution is 2.18. The summed E-state index contributed by atoms with van der Waals surface area (Å²) in [6, 6.07) is 9.23. The van der Waals surface area contributed by atoms with Crippen molar-refractivity contribution >= 4 is 0 Å². The third-order valence-corrected chi connectivity index (χ3v) is 4.07. The summed E-state index contributed by atoms with van der Waals surface area (Å²) in [5.74, 6) is 0. The van der Waals surface area contributed by atoms with Gasteiger partial charge < -0.3 is 10.6 Å². The zero-order valence-corrected chi connectivity index (χ0v) is 11.6. The molecule has 1 aromatic rings. The summed E-state index contributed by atoms with van der Waals surface area (Å²) < 4.78 is 0. The monoisotopic (exact) mass is 247 g/mol. The van der Waals surface area contributed by atoms with Crippen molar-refractivity contribution in [2.75, 3.05) is 27.2 Å². The van der Waals surface area contributed by atoms with E-state index in [2.05, 4.69) is 48.2 Å². The molecule has 0 aliphatic carbocycles. The maximum Gasteiger partial charge on any atom is 0.0236 e. The van der Waals surface area contributed by atoms with E-state index in [1.807, 2.05) is 0 Å².